The van der Waals surface area contributed by atoms with Gasteiger partial charge in [0.25, 0.3) is 5.56 Å². The first kappa shape index (κ1) is 20.2. The van der Waals surface area contributed by atoms with Crippen LogP contribution >= 0.6 is 0 Å². The molecule has 0 bridgehead atoms. The third kappa shape index (κ3) is 4.35. The van der Waals surface area contributed by atoms with Crippen molar-refractivity contribution in [3.63, 3.8) is 0 Å². The molecule has 146 valence electrons. The maximum absolute atomic E-state index is 12.0. The highest BCUT2D eigenvalue weighted by atomic mass is 16.7. The molecule has 1 aliphatic rings. The fourth-order valence-electron chi connectivity index (χ4n) is 2.39. The normalized spacial score (nSPS) is 24.3. The van der Waals surface area contributed by atoms with Gasteiger partial charge in [0, 0.05) is 26.1 Å². The second kappa shape index (κ2) is 8.05. The van der Waals surface area contributed by atoms with Gasteiger partial charge in [-0.2, -0.15) is 0 Å². The van der Waals surface area contributed by atoms with Gasteiger partial charge in [0.1, 0.15) is 6.10 Å². The van der Waals surface area contributed by atoms with Crippen LogP contribution in [0, 0.1) is 0 Å². The average molecular weight is 384 g/mol. The molecule has 0 aliphatic carbocycles. The zero-order valence-corrected chi connectivity index (χ0v) is 14.2. The van der Waals surface area contributed by atoms with E-state index in [4.69, 9.17) is 14.2 Å². The molecule has 12 nitrogen and oxygen atoms in total. The number of aromatic amines is 1. The number of ether oxygens (including phenoxy) is 3. The van der Waals surface area contributed by atoms with Crippen molar-refractivity contribution in [1.82, 2.24) is 9.55 Å². The van der Waals surface area contributed by atoms with Crippen molar-refractivity contribution in [2.45, 2.75) is 38.4 Å². The van der Waals surface area contributed by atoms with Crippen molar-refractivity contribution in [3.8, 4) is 0 Å². The zero-order valence-electron chi connectivity index (χ0n) is 14.2. The summed E-state index contributed by atoms with van der Waals surface area (Å²) in [5.74, 6) is -4.55. The highest BCUT2D eigenvalue weighted by molar-refractivity contribution is 6.33. The minimum Gasteiger partial charge on any atom is -0.450 e. The molecule has 0 radical (unpaired) electrons. The number of hydrogen-bond donors (Lipinski definition) is 2. The van der Waals surface area contributed by atoms with Crippen LogP contribution in [0.1, 0.15) is 20.1 Å². The number of nitrogens with one attached hydrogen (secondary N) is 1. The lowest BCUT2D eigenvalue weighted by atomic mass is 10.1. The van der Waals surface area contributed by atoms with E-state index in [2.05, 4.69) is 0 Å². The molecule has 0 saturated carbocycles. The molecule has 2 rings (SSSR count). The van der Waals surface area contributed by atoms with Gasteiger partial charge in [-0.15, -0.1) is 0 Å². The van der Waals surface area contributed by atoms with Crippen LogP contribution in [0.15, 0.2) is 21.9 Å². The second-order valence-electron chi connectivity index (χ2n) is 5.62. The molecule has 1 aromatic heterocycles. The summed E-state index contributed by atoms with van der Waals surface area (Å²) in [4.78, 5) is 71.0. The van der Waals surface area contributed by atoms with E-state index in [1.165, 1.54) is 0 Å². The van der Waals surface area contributed by atoms with Gasteiger partial charge in [-0.1, -0.05) is 0 Å². The first-order valence-electron chi connectivity index (χ1n) is 7.66. The number of aliphatic hydroxyl groups excluding tert-OH is 1. The first-order valence-corrected chi connectivity index (χ1v) is 7.66. The Kier molecular flexibility index (Phi) is 6.02. The summed E-state index contributed by atoms with van der Waals surface area (Å²) in [6, 6.07) is 0.984. The van der Waals surface area contributed by atoms with Gasteiger partial charge in [-0.3, -0.25) is 23.9 Å². The lowest BCUT2D eigenvalue weighted by molar-refractivity contribution is -0.172. The molecule has 27 heavy (non-hydrogen) atoms. The van der Waals surface area contributed by atoms with Gasteiger partial charge in [0.2, 0.25) is 11.6 Å². The summed E-state index contributed by atoms with van der Waals surface area (Å²) >= 11 is 0. The standard InChI is InChI=1S/C15H16N2O10/c1-6(19)13(22)26-10-8(5-18)25-12(11(10)27-14(23)7(2)20)17-4-3-9(21)16-15(17)24/h3-4,8,10-12,18H,5H2,1-2H3,(H,16,21,24)/t8-,10-,11-,12-/m1/s1. The number of ketones is 2. The molecular weight excluding hydrogens is 368 g/mol. The van der Waals surface area contributed by atoms with Gasteiger partial charge >= 0.3 is 17.6 Å². The van der Waals surface area contributed by atoms with E-state index in [0.29, 0.717) is 0 Å². The maximum atomic E-state index is 12.0. The Balaban J connectivity index is 2.47. The third-order valence-electron chi connectivity index (χ3n) is 3.65. The summed E-state index contributed by atoms with van der Waals surface area (Å²) in [6.45, 7) is 1.14. The van der Waals surface area contributed by atoms with Gasteiger partial charge in [-0.25, -0.2) is 14.4 Å². The summed E-state index contributed by atoms with van der Waals surface area (Å²) in [6.07, 6.45) is -4.73. The summed E-state index contributed by atoms with van der Waals surface area (Å²) < 4.78 is 16.2. The zero-order chi connectivity index (χ0) is 20.3. The predicted octanol–water partition coefficient (Wildman–Crippen LogP) is -2.57. The van der Waals surface area contributed by atoms with Gasteiger partial charge in [0.15, 0.2) is 18.4 Å². The van der Waals surface area contributed by atoms with Crippen molar-refractivity contribution in [1.29, 1.82) is 0 Å². The number of nitrogens with zero attached hydrogens (tertiary/aromatic N) is 1. The Hall–Kier alpha value is -3.12. The quantitative estimate of drug-likeness (QED) is 0.392. The number of Topliss-reactive ketones (excluding diaryl/α,β-unsaturated/α-hetero) is 2. The molecule has 1 aromatic rings. The Morgan fingerprint density at radius 3 is 2.15 bits per heavy atom. The molecule has 1 aliphatic heterocycles. The van der Waals surface area contributed by atoms with Crippen molar-refractivity contribution in [2.75, 3.05) is 6.61 Å². The Morgan fingerprint density at radius 1 is 1.11 bits per heavy atom. The lowest BCUT2D eigenvalue weighted by Gasteiger charge is -2.23. The van der Waals surface area contributed by atoms with Crippen LogP contribution in [0.4, 0.5) is 0 Å². The smallest absolute Gasteiger partial charge is 0.374 e. The van der Waals surface area contributed by atoms with E-state index in [1.807, 2.05) is 4.98 Å². The molecule has 0 spiro atoms. The largest absolute Gasteiger partial charge is 0.450 e. The van der Waals surface area contributed by atoms with E-state index in [-0.39, 0.29) is 0 Å². The van der Waals surface area contributed by atoms with Crippen molar-refractivity contribution < 1.29 is 38.5 Å². The minimum atomic E-state index is -1.55. The Bertz CT molecular complexity index is 885. The SMILES string of the molecule is CC(=O)C(=O)O[C@@H]1[C@H](OC(=O)C(C)=O)[C@@H](CO)O[C@H]1n1ccc(=O)[nH]c1=O. The second-order valence-corrected chi connectivity index (χ2v) is 5.62. The van der Waals surface area contributed by atoms with E-state index < -0.39 is 65.9 Å². The van der Waals surface area contributed by atoms with E-state index in [1.54, 1.807) is 0 Å². The number of hydrogen-bond acceptors (Lipinski definition) is 10. The molecule has 0 unspecified atom stereocenters. The fourth-order valence-corrected chi connectivity index (χ4v) is 2.39. The summed E-state index contributed by atoms with van der Waals surface area (Å²) in [5.41, 5.74) is -1.64. The highest BCUT2D eigenvalue weighted by Crippen LogP contribution is 2.33. The van der Waals surface area contributed by atoms with Crippen LogP contribution < -0.4 is 11.2 Å². The molecule has 0 aromatic carbocycles. The van der Waals surface area contributed by atoms with Crippen molar-refractivity contribution in [3.05, 3.63) is 33.1 Å². The topological polar surface area (TPSA) is 171 Å². The Labute approximate surface area is 150 Å². The highest BCUT2D eigenvalue weighted by Gasteiger charge is 2.51. The maximum Gasteiger partial charge on any atom is 0.374 e. The number of rotatable bonds is 6. The summed E-state index contributed by atoms with van der Waals surface area (Å²) in [7, 11) is 0. The van der Waals surface area contributed by atoms with Crippen LogP contribution in [0.2, 0.25) is 0 Å². The number of carbonyl (C=O) groups excluding carboxylic acids is 4. The minimum absolute atomic E-state index is 0.704. The molecule has 4 atom stereocenters. The molecule has 2 N–H and O–H groups in total. The number of esters is 2. The van der Waals surface area contributed by atoms with Crippen LogP contribution in [0.5, 0.6) is 0 Å². The van der Waals surface area contributed by atoms with Gasteiger partial charge < -0.3 is 19.3 Å². The molecular formula is C15H16N2O10. The van der Waals surface area contributed by atoms with Crippen LogP contribution in [0.3, 0.4) is 0 Å². The number of carbonyl (C=O) groups is 4. The molecule has 2 heterocycles. The fraction of sp³-hybridized carbons (Fsp3) is 0.467. The van der Waals surface area contributed by atoms with Crippen molar-refractivity contribution in [2.24, 2.45) is 0 Å². The number of H-pyrrole nitrogens is 1. The monoisotopic (exact) mass is 384 g/mol. The van der Waals surface area contributed by atoms with E-state index in [9.17, 15) is 33.9 Å². The summed E-state index contributed by atoms with van der Waals surface area (Å²) in [5, 5.41) is 9.47. The first-order chi connectivity index (χ1) is 12.6. The lowest BCUT2D eigenvalue weighted by Crippen LogP contribution is -2.44. The van der Waals surface area contributed by atoms with E-state index >= 15 is 0 Å². The third-order valence-corrected chi connectivity index (χ3v) is 3.65. The molecule has 1 fully saturated rings. The van der Waals surface area contributed by atoms with Crippen LogP contribution in [-0.2, 0) is 33.4 Å². The molecule has 12 heteroatoms. The van der Waals surface area contributed by atoms with Gasteiger partial charge in [0.05, 0.1) is 6.61 Å². The van der Waals surface area contributed by atoms with Crippen molar-refractivity contribution >= 4 is 23.5 Å². The van der Waals surface area contributed by atoms with Crippen LogP contribution in [0.25, 0.3) is 0 Å². The Morgan fingerprint density at radius 2 is 1.67 bits per heavy atom. The predicted molar refractivity (Wildman–Crippen MR) is 83.4 cm³/mol. The molecule has 1 saturated heterocycles. The molecule has 0 amide bonds. The average Bonchev–Trinajstić information content (AvgIpc) is 2.92. The van der Waals surface area contributed by atoms with Gasteiger partial charge in [-0.05, 0) is 0 Å². The number of aromatic nitrogens is 2. The van der Waals surface area contributed by atoms with Crippen LogP contribution in [-0.4, -0.2) is 63.1 Å². The van der Waals surface area contributed by atoms with E-state index in [0.717, 1.165) is 30.7 Å². The number of aliphatic hydroxyl groups is 1.